The maximum absolute atomic E-state index is 11.7. The lowest BCUT2D eigenvalue weighted by molar-refractivity contribution is 0.0601. The molecule has 0 atom stereocenters. The van der Waals surface area contributed by atoms with Gasteiger partial charge in [-0.3, -0.25) is 4.98 Å². The van der Waals surface area contributed by atoms with Crippen LogP contribution in [-0.4, -0.2) is 18.1 Å². The minimum Gasteiger partial charge on any atom is -0.465 e. The smallest absolute Gasteiger partial charge is 0.337 e. The Bertz CT molecular complexity index is 824. The molecule has 2 aromatic carbocycles. The zero-order chi connectivity index (χ0) is 14.8. The maximum atomic E-state index is 11.7. The zero-order valence-electron chi connectivity index (χ0n) is 12.0. The first-order valence-corrected chi connectivity index (χ1v) is 6.74. The van der Waals surface area contributed by atoms with Gasteiger partial charge >= 0.3 is 5.97 Å². The maximum Gasteiger partial charge on any atom is 0.337 e. The van der Waals surface area contributed by atoms with Crippen LogP contribution in [0.2, 0.25) is 0 Å². The molecule has 0 fully saturated rings. The molecule has 0 spiro atoms. The van der Waals surface area contributed by atoms with Crippen LogP contribution in [-0.2, 0) is 4.74 Å². The molecular weight excluding hydrogens is 262 g/mol. The van der Waals surface area contributed by atoms with Gasteiger partial charge in [0.15, 0.2) is 0 Å². The molecule has 0 saturated heterocycles. The van der Waals surface area contributed by atoms with Crippen molar-refractivity contribution in [2.75, 3.05) is 7.11 Å². The molecule has 0 amide bonds. The normalized spacial score (nSPS) is 10.6. The van der Waals surface area contributed by atoms with Crippen LogP contribution in [0.1, 0.15) is 16.1 Å². The molecule has 0 saturated carbocycles. The molecule has 0 aliphatic heterocycles. The monoisotopic (exact) mass is 277 g/mol. The Morgan fingerprint density at radius 2 is 1.86 bits per heavy atom. The average molecular weight is 277 g/mol. The number of esters is 1. The van der Waals surface area contributed by atoms with E-state index in [1.165, 1.54) is 7.11 Å². The molecule has 21 heavy (non-hydrogen) atoms. The van der Waals surface area contributed by atoms with Gasteiger partial charge in [-0.05, 0) is 42.0 Å². The van der Waals surface area contributed by atoms with Gasteiger partial charge in [-0.25, -0.2) is 4.79 Å². The van der Waals surface area contributed by atoms with Gasteiger partial charge in [0.05, 0.1) is 18.4 Å². The Hall–Kier alpha value is -2.68. The molecule has 3 rings (SSSR count). The van der Waals surface area contributed by atoms with E-state index in [9.17, 15) is 4.79 Å². The lowest BCUT2D eigenvalue weighted by Gasteiger charge is -2.08. The molecular formula is C18H15NO2. The van der Waals surface area contributed by atoms with Gasteiger partial charge in [0, 0.05) is 11.3 Å². The van der Waals surface area contributed by atoms with Crippen molar-refractivity contribution in [3.05, 3.63) is 65.9 Å². The summed E-state index contributed by atoms with van der Waals surface area (Å²) in [7, 11) is 1.39. The number of aryl methyl sites for hydroxylation is 1. The number of fused-ring (bicyclic) bond motifs is 1. The van der Waals surface area contributed by atoms with Crippen LogP contribution in [0.3, 0.4) is 0 Å². The van der Waals surface area contributed by atoms with Crippen molar-refractivity contribution in [2.24, 2.45) is 0 Å². The molecule has 0 unspecified atom stereocenters. The fourth-order valence-electron chi connectivity index (χ4n) is 2.43. The standard InChI is InChI=1S/C18H15NO2/c1-12-5-3-8-17(19-12)15-7-4-6-13-9-10-14(11-16(13)15)18(20)21-2/h3-11H,1-2H3. The molecule has 0 bridgehead atoms. The van der Waals surface area contributed by atoms with E-state index in [0.29, 0.717) is 5.56 Å². The fourth-order valence-corrected chi connectivity index (χ4v) is 2.43. The summed E-state index contributed by atoms with van der Waals surface area (Å²) in [6, 6.07) is 17.5. The van der Waals surface area contributed by atoms with E-state index >= 15 is 0 Å². The van der Waals surface area contributed by atoms with Crippen LogP contribution in [0.25, 0.3) is 22.0 Å². The van der Waals surface area contributed by atoms with Gasteiger partial charge < -0.3 is 4.74 Å². The lowest BCUT2D eigenvalue weighted by Crippen LogP contribution is -2.00. The Balaban J connectivity index is 2.25. The van der Waals surface area contributed by atoms with E-state index in [2.05, 4.69) is 4.98 Å². The number of nitrogens with zero attached hydrogens (tertiary/aromatic N) is 1. The number of aromatic nitrogens is 1. The Kier molecular flexibility index (Phi) is 3.40. The highest BCUT2D eigenvalue weighted by Crippen LogP contribution is 2.28. The van der Waals surface area contributed by atoms with Crippen LogP contribution in [0.5, 0.6) is 0 Å². The summed E-state index contributed by atoms with van der Waals surface area (Å²) in [5, 5.41) is 2.07. The van der Waals surface area contributed by atoms with Crippen LogP contribution in [0, 0.1) is 6.92 Å². The van der Waals surface area contributed by atoms with Gasteiger partial charge in [-0.2, -0.15) is 0 Å². The first-order valence-electron chi connectivity index (χ1n) is 6.74. The molecule has 1 aromatic heterocycles. The number of hydrogen-bond acceptors (Lipinski definition) is 3. The van der Waals surface area contributed by atoms with E-state index in [4.69, 9.17) is 4.74 Å². The second kappa shape index (κ2) is 5.37. The summed E-state index contributed by atoms with van der Waals surface area (Å²) >= 11 is 0. The Morgan fingerprint density at radius 3 is 2.62 bits per heavy atom. The molecule has 3 heteroatoms. The summed E-state index contributed by atoms with van der Waals surface area (Å²) in [4.78, 5) is 16.3. The SMILES string of the molecule is COC(=O)c1ccc2cccc(-c3cccc(C)n3)c2c1. The topological polar surface area (TPSA) is 39.2 Å². The van der Waals surface area contributed by atoms with Crippen molar-refractivity contribution in [2.45, 2.75) is 6.92 Å². The van der Waals surface area contributed by atoms with Gasteiger partial charge in [-0.1, -0.05) is 30.3 Å². The Labute approximate surface area is 123 Å². The Morgan fingerprint density at radius 1 is 1.05 bits per heavy atom. The van der Waals surface area contributed by atoms with E-state index in [-0.39, 0.29) is 5.97 Å². The third-order valence-electron chi connectivity index (χ3n) is 3.47. The van der Waals surface area contributed by atoms with Crippen molar-refractivity contribution < 1.29 is 9.53 Å². The highest BCUT2D eigenvalue weighted by Gasteiger charge is 2.10. The number of hydrogen-bond donors (Lipinski definition) is 0. The van der Waals surface area contributed by atoms with E-state index < -0.39 is 0 Å². The summed E-state index contributed by atoms with van der Waals surface area (Å²) < 4.78 is 4.80. The number of methoxy groups -OCH3 is 1. The van der Waals surface area contributed by atoms with Crippen LogP contribution in [0.4, 0.5) is 0 Å². The number of carbonyl (C=O) groups is 1. The first kappa shape index (κ1) is 13.3. The van der Waals surface area contributed by atoms with E-state index in [0.717, 1.165) is 27.7 Å². The number of ether oxygens (including phenoxy) is 1. The molecule has 0 aliphatic rings. The van der Waals surface area contributed by atoms with E-state index in [1.807, 2.05) is 55.5 Å². The van der Waals surface area contributed by atoms with Crippen molar-refractivity contribution in [3.8, 4) is 11.3 Å². The summed E-state index contributed by atoms with van der Waals surface area (Å²) in [5.74, 6) is -0.330. The van der Waals surface area contributed by atoms with Crippen LogP contribution >= 0.6 is 0 Å². The number of benzene rings is 2. The van der Waals surface area contributed by atoms with Gasteiger partial charge in [0.2, 0.25) is 0 Å². The summed E-state index contributed by atoms with van der Waals surface area (Å²) in [5.41, 5.74) is 3.43. The van der Waals surface area contributed by atoms with Crippen molar-refractivity contribution in [1.82, 2.24) is 4.98 Å². The molecule has 3 aromatic rings. The average Bonchev–Trinajstić information content (AvgIpc) is 2.53. The molecule has 0 radical (unpaired) electrons. The highest BCUT2D eigenvalue weighted by molar-refractivity contribution is 6.01. The third kappa shape index (κ3) is 2.50. The van der Waals surface area contributed by atoms with Gasteiger partial charge in [-0.15, -0.1) is 0 Å². The van der Waals surface area contributed by atoms with Crippen LogP contribution in [0.15, 0.2) is 54.6 Å². The highest BCUT2D eigenvalue weighted by atomic mass is 16.5. The molecule has 1 heterocycles. The van der Waals surface area contributed by atoms with Crippen molar-refractivity contribution in [3.63, 3.8) is 0 Å². The first-order chi connectivity index (χ1) is 10.2. The van der Waals surface area contributed by atoms with Crippen molar-refractivity contribution >= 4 is 16.7 Å². The second-order valence-electron chi connectivity index (χ2n) is 4.90. The van der Waals surface area contributed by atoms with E-state index in [1.54, 1.807) is 6.07 Å². The minimum absolute atomic E-state index is 0.330. The van der Waals surface area contributed by atoms with Gasteiger partial charge in [0.25, 0.3) is 0 Å². The summed E-state index contributed by atoms with van der Waals surface area (Å²) in [6.45, 7) is 1.97. The largest absolute Gasteiger partial charge is 0.465 e. The second-order valence-corrected chi connectivity index (χ2v) is 4.90. The number of rotatable bonds is 2. The van der Waals surface area contributed by atoms with Crippen molar-refractivity contribution in [1.29, 1.82) is 0 Å². The third-order valence-corrected chi connectivity index (χ3v) is 3.47. The molecule has 0 N–H and O–H groups in total. The number of carbonyl (C=O) groups excluding carboxylic acids is 1. The number of pyridine rings is 1. The van der Waals surface area contributed by atoms with Gasteiger partial charge in [0.1, 0.15) is 0 Å². The predicted molar refractivity (Wildman–Crippen MR) is 83.3 cm³/mol. The lowest BCUT2D eigenvalue weighted by atomic mass is 9.99. The zero-order valence-corrected chi connectivity index (χ0v) is 12.0. The predicted octanol–water partition coefficient (Wildman–Crippen LogP) is 4.00. The van der Waals surface area contributed by atoms with Crippen LogP contribution < -0.4 is 0 Å². The fraction of sp³-hybridized carbons (Fsp3) is 0.111. The summed E-state index contributed by atoms with van der Waals surface area (Å²) in [6.07, 6.45) is 0. The molecule has 0 aliphatic carbocycles. The minimum atomic E-state index is -0.330. The molecule has 104 valence electrons. The molecule has 3 nitrogen and oxygen atoms in total. The quantitative estimate of drug-likeness (QED) is 0.665.